The van der Waals surface area contributed by atoms with E-state index in [2.05, 4.69) is 5.32 Å². The second kappa shape index (κ2) is 6.20. The van der Waals surface area contributed by atoms with Gasteiger partial charge in [-0.15, -0.1) is 0 Å². The lowest BCUT2D eigenvalue weighted by Gasteiger charge is -2.32. The van der Waals surface area contributed by atoms with Crippen molar-refractivity contribution in [3.8, 4) is 0 Å². The molecule has 6 heteroatoms. The molecule has 3 N–H and O–H groups in total. The second-order valence-electron chi connectivity index (χ2n) is 6.88. The lowest BCUT2D eigenvalue weighted by molar-refractivity contribution is 0.00578. The van der Waals surface area contributed by atoms with Crippen molar-refractivity contribution in [3.63, 3.8) is 0 Å². The van der Waals surface area contributed by atoms with Crippen LogP contribution in [0.1, 0.15) is 33.3 Å². The van der Waals surface area contributed by atoms with Gasteiger partial charge in [-0.1, -0.05) is 12.1 Å². The minimum absolute atomic E-state index is 0.261. The minimum atomic E-state index is -0.778. The molecule has 1 aliphatic rings. The summed E-state index contributed by atoms with van der Waals surface area (Å²) in [5, 5.41) is 21.5. The molecule has 1 heterocycles. The van der Waals surface area contributed by atoms with Crippen LogP contribution in [-0.4, -0.2) is 47.8 Å². The standard InChI is InChI=1S/C16H26BNO4/c1-11-6-7-12(8-14(11)18-9-13(20)10-19)17-21-15(2,3)16(4,5)22-17/h6-8,13,18-20H,9-10H2,1-5H3. The SMILES string of the molecule is Cc1ccc(B2OC(C)(C)C(C)(C)O2)cc1NCC(O)CO. The summed E-state index contributed by atoms with van der Waals surface area (Å²) in [6.07, 6.45) is -0.778. The van der Waals surface area contributed by atoms with E-state index >= 15 is 0 Å². The van der Waals surface area contributed by atoms with E-state index in [-0.39, 0.29) is 17.8 Å². The number of hydrogen-bond donors (Lipinski definition) is 3. The Morgan fingerprint density at radius 3 is 2.32 bits per heavy atom. The van der Waals surface area contributed by atoms with Gasteiger partial charge in [0.25, 0.3) is 0 Å². The number of nitrogens with one attached hydrogen (secondary N) is 1. The fraction of sp³-hybridized carbons (Fsp3) is 0.625. The van der Waals surface area contributed by atoms with Crippen LogP contribution in [0.5, 0.6) is 0 Å². The summed E-state index contributed by atoms with van der Waals surface area (Å²) in [4.78, 5) is 0. The Kier molecular flexibility index (Phi) is 4.87. The molecule has 0 saturated carbocycles. The van der Waals surface area contributed by atoms with Gasteiger partial charge in [0.1, 0.15) is 0 Å². The Morgan fingerprint density at radius 2 is 1.77 bits per heavy atom. The molecular weight excluding hydrogens is 281 g/mol. The third kappa shape index (κ3) is 3.46. The first-order valence-electron chi connectivity index (χ1n) is 7.65. The first-order valence-corrected chi connectivity index (χ1v) is 7.65. The smallest absolute Gasteiger partial charge is 0.399 e. The highest BCUT2D eigenvalue weighted by Crippen LogP contribution is 2.36. The van der Waals surface area contributed by atoms with Gasteiger partial charge in [0.15, 0.2) is 0 Å². The van der Waals surface area contributed by atoms with Crippen molar-refractivity contribution in [3.05, 3.63) is 23.8 Å². The fourth-order valence-electron chi connectivity index (χ4n) is 2.25. The minimum Gasteiger partial charge on any atom is -0.399 e. The van der Waals surface area contributed by atoms with Crippen LogP contribution in [0.4, 0.5) is 5.69 Å². The van der Waals surface area contributed by atoms with Crippen LogP contribution in [0.2, 0.25) is 0 Å². The quantitative estimate of drug-likeness (QED) is 0.710. The maximum atomic E-state index is 9.47. The molecule has 1 aromatic rings. The first kappa shape index (κ1) is 17.3. The zero-order valence-corrected chi connectivity index (χ0v) is 14.0. The van der Waals surface area contributed by atoms with Gasteiger partial charge in [-0.3, -0.25) is 0 Å². The molecule has 0 aromatic heterocycles. The molecule has 0 spiro atoms. The van der Waals surface area contributed by atoms with Crippen LogP contribution in [0, 0.1) is 6.92 Å². The molecular formula is C16H26BNO4. The van der Waals surface area contributed by atoms with Crippen LogP contribution in [0.3, 0.4) is 0 Å². The lowest BCUT2D eigenvalue weighted by atomic mass is 9.78. The molecule has 2 rings (SSSR count). The second-order valence-corrected chi connectivity index (χ2v) is 6.88. The molecule has 1 atom stereocenters. The first-order chi connectivity index (χ1) is 10.2. The Balaban J connectivity index is 2.16. The maximum absolute atomic E-state index is 9.47. The largest absolute Gasteiger partial charge is 0.494 e. The number of anilines is 1. The number of aryl methyl sites for hydroxylation is 1. The van der Waals surface area contributed by atoms with Gasteiger partial charge in [-0.05, 0) is 51.7 Å². The highest BCUT2D eigenvalue weighted by molar-refractivity contribution is 6.62. The predicted molar refractivity (Wildman–Crippen MR) is 88.5 cm³/mol. The van der Waals surface area contributed by atoms with E-state index in [9.17, 15) is 5.11 Å². The van der Waals surface area contributed by atoms with E-state index in [1.807, 2.05) is 52.8 Å². The third-order valence-corrected chi connectivity index (χ3v) is 4.53. The molecule has 0 aliphatic carbocycles. The highest BCUT2D eigenvalue weighted by atomic mass is 16.7. The Bertz CT molecular complexity index is 517. The molecule has 1 aliphatic heterocycles. The van der Waals surface area contributed by atoms with Gasteiger partial charge in [-0.2, -0.15) is 0 Å². The van der Waals surface area contributed by atoms with E-state index in [1.165, 1.54) is 0 Å². The third-order valence-electron chi connectivity index (χ3n) is 4.53. The number of benzene rings is 1. The number of aliphatic hydroxyl groups excluding tert-OH is 2. The van der Waals surface area contributed by atoms with Crippen LogP contribution in [0.25, 0.3) is 0 Å². The van der Waals surface area contributed by atoms with Crippen LogP contribution in [-0.2, 0) is 9.31 Å². The number of rotatable bonds is 5. The molecule has 1 aromatic carbocycles. The highest BCUT2D eigenvalue weighted by Gasteiger charge is 2.51. The van der Waals surface area contributed by atoms with Gasteiger partial charge >= 0.3 is 7.12 Å². The number of aliphatic hydroxyl groups is 2. The summed E-state index contributed by atoms with van der Waals surface area (Å²) < 4.78 is 12.1. The van der Waals surface area contributed by atoms with E-state index in [0.717, 1.165) is 16.7 Å². The van der Waals surface area contributed by atoms with Crippen LogP contribution >= 0.6 is 0 Å². The summed E-state index contributed by atoms with van der Waals surface area (Å²) in [6, 6.07) is 5.96. The average molecular weight is 307 g/mol. The average Bonchev–Trinajstić information content (AvgIpc) is 2.66. The Labute approximate surface area is 132 Å². The molecule has 1 unspecified atom stereocenters. The van der Waals surface area contributed by atoms with Crippen molar-refractivity contribution in [1.29, 1.82) is 0 Å². The Hall–Kier alpha value is -1.08. The van der Waals surface area contributed by atoms with Crippen molar-refractivity contribution >= 4 is 18.3 Å². The zero-order chi connectivity index (χ0) is 16.5. The summed E-state index contributed by atoms with van der Waals surface area (Å²) in [6.45, 7) is 10.1. The molecule has 5 nitrogen and oxygen atoms in total. The molecule has 1 fully saturated rings. The fourth-order valence-corrected chi connectivity index (χ4v) is 2.25. The molecule has 0 radical (unpaired) electrons. The van der Waals surface area contributed by atoms with Crippen LogP contribution in [0.15, 0.2) is 18.2 Å². The normalized spacial score (nSPS) is 21.0. The summed E-state index contributed by atoms with van der Waals surface area (Å²) in [5.41, 5.74) is 2.15. The summed E-state index contributed by atoms with van der Waals surface area (Å²) in [5.74, 6) is 0. The van der Waals surface area contributed by atoms with E-state index in [1.54, 1.807) is 0 Å². The van der Waals surface area contributed by atoms with E-state index < -0.39 is 13.2 Å². The van der Waals surface area contributed by atoms with Gasteiger partial charge in [0.2, 0.25) is 0 Å². The van der Waals surface area contributed by atoms with Gasteiger partial charge in [0.05, 0.1) is 23.9 Å². The van der Waals surface area contributed by atoms with Crippen molar-refractivity contribution in [2.75, 3.05) is 18.5 Å². The predicted octanol–water partition coefficient (Wildman–Crippen LogP) is 1.06. The van der Waals surface area contributed by atoms with Crippen molar-refractivity contribution < 1.29 is 19.5 Å². The monoisotopic (exact) mass is 307 g/mol. The van der Waals surface area contributed by atoms with E-state index in [0.29, 0.717) is 6.54 Å². The van der Waals surface area contributed by atoms with Gasteiger partial charge in [0, 0.05) is 12.2 Å². The molecule has 0 amide bonds. The van der Waals surface area contributed by atoms with Gasteiger partial charge in [-0.25, -0.2) is 0 Å². The summed E-state index contributed by atoms with van der Waals surface area (Å²) in [7, 11) is -0.408. The zero-order valence-electron chi connectivity index (χ0n) is 14.0. The van der Waals surface area contributed by atoms with E-state index in [4.69, 9.17) is 14.4 Å². The topological polar surface area (TPSA) is 71.0 Å². The van der Waals surface area contributed by atoms with Crippen molar-refractivity contribution in [2.24, 2.45) is 0 Å². The van der Waals surface area contributed by atoms with Crippen LogP contribution < -0.4 is 10.8 Å². The molecule has 1 saturated heterocycles. The lowest BCUT2D eigenvalue weighted by Crippen LogP contribution is -2.41. The molecule has 0 bridgehead atoms. The molecule has 122 valence electrons. The molecule has 22 heavy (non-hydrogen) atoms. The number of hydrogen-bond acceptors (Lipinski definition) is 5. The van der Waals surface area contributed by atoms with Crippen molar-refractivity contribution in [2.45, 2.75) is 51.9 Å². The Morgan fingerprint density at radius 1 is 1.18 bits per heavy atom. The van der Waals surface area contributed by atoms with Crippen molar-refractivity contribution in [1.82, 2.24) is 0 Å². The maximum Gasteiger partial charge on any atom is 0.494 e. The summed E-state index contributed by atoms with van der Waals surface area (Å²) >= 11 is 0. The van der Waals surface area contributed by atoms with Gasteiger partial charge < -0.3 is 24.8 Å².